The van der Waals surface area contributed by atoms with Crippen LogP contribution in [-0.2, 0) is 25.6 Å². The zero-order valence-electron chi connectivity index (χ0n) is 9.92. The highest BCUT2D eigenvalue weighted by Crippen LogP contribution is 2.32. The Labute approximate surface area is 113 Å². The van der Waals surface area contributed by atoms with Gasteiger partial charge in [-0.25, -0.2) is 0 Å². The molecule has 2 aromatic rings. The van der Waals surface area contributed by atoms with Gasteiger partial charge in [0, 0.05) is 10.6 Å². The van der Waals surface area contributed by atoms with Crippen LogP contribution in [0.15, 0.2) is 6.07 Å². The van der Waals surface area contributed by atoms with Gasteiger partial charge in [0.25, 0.3) is 0 Å². The molecule has 0 saturated heterocycles. The van der Waals surface area contributed by atoms with E-state index in [1.165, 1.54) is 15.2 Å². The molecule has 7 heteroatoms. The molecule has 1 aliphatic heterocycles. The highest BCUT2D eigenvalue weighted by atomic mass is 32.2. The number of rotatable bonds is 3. The number of aromatic nitrogens is 4. The Bertz CT molecular complexity index is 566. The molecule has 0 aliphatic carbocycles. The first-order valence-electron chi connectivity index (χ1n) is 5.68. The van der Waals surface area contributed by atoms with E-state index in [4.69, 9.17) is 0 Å². The minimum absolute atomic E-state index is 0.0902. The molecule has 2 aromatic heterocycles. The van der Waals surface area contributed by atoms with Crippen molar-refractivity contribution in [2.45, 2.75) is 18.6 Å². The molecule has 0 unspecified atom stereocenters. The molecule has 0 radical (unpaired) electrons. The van der Waals surface area contributed by atoms with Gasteiger partial charge in [-0.3, -0.25) is 4.79 Å². The summed E-state index contributed by atoms with van der Waals surface area (Å²) in [4.78, 5) is 15.7. The zero-order valence-corrected chi connectivity index (χ0v) is 11.6. The topological polar surface area (TPSA) is 60.7 Å². The van der Waals surface area contributed by atoms with Crippen LogP contribution in [-0.4, -0.2) is 31.7 Å². The van der Waals surface area contributed by atoms with Crippen molar-refractivity contribution in [2.75, 3.05) is 5.75 Å². The SMILES string of the molecule is Cn1nnc(CC(=O)c2cc3c(s2)CCSC3)n1. The number of thiophene rings is 1. The van der Waals surface area contributed by atoms with Crippen molar-refractivity contribution < 1.29 is 4.79 Å². The van der Waals surface area contributed by atoms with Gasteiger partial charge in [0.2, 0.25) is 0 Å². The molecule has 94 valence electrons. The number of hydrogen-bond acceptors (Lipinski definition) is 6. The summed E-state index contributed by atoms with van der Waals surface area (Å²) in [6.45, 7) is 0. The third-order valence-corrected chi connectivity index (χ3v) is 5.06. The van der Waals surface area contributed by atoms with Crippen molar-refractivity contribution in [3.8, 4) is 0 Å². The maximum atomic E-state index is 12.1. The number of Topliss-reactive ketones (excluding diaryl/α,β-unsaturated/α-hetero) is 1. The summed E-state index contributed by atoms with van der Waals surface area (Å²) in [5, 5.41) is 11.6. The number of tetrazole rings is 1. The third kappa shape index (κ3) is 2.32. The summed E-state index contributed by atoms with van der Waals surface area (Å²) in [6.07, 6.45) is 1.32. The predicted molar refractivity (Wildman–Crippen MR) is 71.0 cm³/mol. The van der Waals surface area contributed by atoms with E-state index in [-0.39, 0.29) is 12.2 Å². The smallest absolute Gasteiger partial charge is 0.182 e. The molecule has 0 saturated carbocycles. The second-order valence-corrected chi connectivity index (χ2v) is 6.40. The molecular weight excluding hydrogens is 268 g/mol. The molecule has 18 heavy (non-hydrogen) atoms. The second-order valence-electron chi connectivity index (χ2n) is 4.16. The van der Waals surface area contributed by atoms with Crippen LogP contribution in [0.4, 0.5) is 0 Å². The summed E-state index contributed by atoms with van der Waals surface area (Å²) in [6, 6.07) is 2.03. The van der Waals surface area contributed by atoms with E-state index in [9.17, 15) is 4.79 Å². The fraction of sp³-hybridized carbons (Fsp3) is 0.455. The van der Waals surface area contributed by atoms with Crippen LogP contribution in [0.3, 0.4) is 0 Å². The molecule has 1 aliphatic rings. The van der Waals surface area contributed by atoms with Crippen LogP contribution >= 0.6 is 23.1 Å². The molecule has 0 N–H and O–H groups in total. The van der Waals surface area contributed by atoms with Gasteiger partial charge in [-0.05, 0) is 29.0 Å². The van der Waals surface area contributed by atoms with Gasteiger partial charge < -0.3 is 0 Å². The minimum Gasteiger partial charge on any atom is -0.293 e. The van der Waals surface area contributed by atoms with Crippen LogP contribution in [0, 0.1) is 0 Å². The number of carbonyl (C=O) groups excluding carboxylic acids is 1. The Balaban J connectivity index is 1.78. The Hall–Kier alpha value is -1.21. The first-order chi connectivity index (χ1) is 8.72. The van der Waals surface area contributed by atoms with Crippen molar-refractivity contribution in [3.05, 3.63) is 27.2 Å². The van der Waals surface area contributed by atoms with Gasteiger partial charge in [-0.15, -0.1) is 21.5 Å². The lowest BCUT2D eigenvalue weighted by Crippen LogP contribution is -2.03. The van der Waals surface area contributed by atoms with Crippen molar-refractivity contribution in [1.82, 2.24) is 20.2 Å². The Morgan fingerprint density at radius 3 is 3.17 bits per heavy atom. The van der Waals surface area contributed by atoms with Crippen molar-refractivity contribution in [3.63, 3.8) is 0 Å². The molecule has 0 fully saturated rings. The molecule has 0 spiro atoms. The number of nitrogens with zero attached hydrogens (tertiary/aromatic N) is 4. The fourth-order valence-corrected chi connectivity index (χ4v) is 4.22. The molecule has 0 amide bonds. The first-order valence-corrected chi connectivity index (χ1v) is 7.65. The number of fused-ring (bicyclic) bond motifs is 1. The van der Waals surface area contributed by atoms with Crippen LogP contribution in [0.5, 0.6) is 0 Å². The van der Waals surface area contributed by atoms with Crippen LogP contribution in [0.1, 0.15) is 25.9 Å². The minimum atomic E-state index is 0.0902. The molecule has 0 aromatic carbocycles. The highest BCUT2D eigenvalue weighted by Gasteiger charge is 2.18. The molecule has 5 nitrogen and oxygen atoms in total. The first kappa shape index (κ1) is 11.9. The van der Waals surface area contributed by atoms with Crippen molar-refractivity contribution in [1.29, 1.82) is 0 Å². The standard InChI is InChI=1S/C11H12N4OS2/c1-15-13-11(12-14-15)5-8(16)10-4-7-6-17-3-2-9(7)18-10/h4H,2-3,5-6H2,1H3. The summed E-state index contributed by atoms with van der Waals surface area (Å²) in [5.74, 6) is 2.77. The maximum absolute atomic E-state index is 12.1. The van der Waals surface area contributed by atoms with E-state index >= 15 is 0 Å². The summed E-state index contributed by atoms with van der Waals surface area (Å²) >= 11 is 3.55. The molecule has 0 atom stereocenters. The Morgan fingerprint density at radius 2 is 2.44 bits per heavy atom. The van der Waals surface area contributed by atoms with Crippen LogP contribution < -0.4 is 0 Å². The Morgan fingerprint density at radius 1 is 1.56 bits per heavy atom. The van der Waals surface area contributed by atoms with E-state index < -0.39 is 0 Å². The lowest BCUT2D eigenvalue weighted by molar-refractivity contribution is 0.0994. The number of ketones is 1. The number of thioether (sulfide) groups is 1. The monoisotopic (exact) mass is 280 g/mol. The number of aryl methyl sites for hydroxylation is 2. The number of carbonyl (C=O) groups is 1. The van der Waals surface area contributed by atoms with E-state index in [0.29, 0.717) is 5.82 Å². The normalized spacial score (nSPS) is 14.5. The van der Waals surface area contributed by atoms with Gasteiger partial charge in [-0.1, -0.05) is 0 Å². The summed E-state index contributed by atoms with van der Waals surface area (Å²) in [7, 11) is 1.70. The van der Waals surface area contributed by atoms with Crippen LogP contribution in [0.25, 0.3) is 0 Å². The van der Waals surface area contributed by atoms with Gasteiger partial charge in [0.05, 0.1) is 18.3 Å². The lowest BCUT2D eigenvalue weighted by Gasteiger charge is -2.08. The number of hydrogen-bond donors (Lipinski definition) is 0. The third-order valence-electron chi connectivity index (χ3n) is 2.77. The lowest BCUT2D eigenvalue weighted by atomic mass is 10.2. The van der Waals surface area contributed by atoms with E-state index in [2.05, 4.69) is 15.4 Å². The van der Waals surface area contributed by atoms with Crippen LogP contribution in [0.2, 0.25) is 0 Å². The molecule has 3 rings (SSSR count). The molecule has 3 heterocycles. The second kappa shape index (κ2) is 4.81. The van der Waals surface area contributed by atoms with Gasteiger partial charge in [0.1, 0.15) is 0 Å². The average Bonchev–Trinajstić information content (AvgIpc) is 2.95. The van der Waals surface area contributed by atoms with Gasteiger partial charge in [-0.2, -0.15) is 16.6 Å². The van der Waals surface area contributed by atoms with Gasteiger partial charge >= 0.3 is 0 Å². The predicted octanol–water partition coefficient (Wildman–Crippen LogP) is 1.49. The molecule has 0 bridgehead atoms. The molecular formula is C11H12N4OS2. The fourth-order valence-electron chi connectivity index (χ4n) is 1.91. The van der Waals surface area contributed by atoms with Gasteiger partial charge in [0.15, 0.2) is 11.6 Å². The zero-order chi connectivity index (χ0) is 12.5. The maximum Gasteiger partial charge on any atom is 0.182 e. The largest absolute Gasteiger partial charge is 0.293 e. The quantitative estimate of drug-likeness (QED) is 0.797. The average molecular weight is 280 g/mol. The van der Waals surface area contributed by atoms with E-state index in [0.717, 1.165) is 22.8 Å². The summed E-state index contributed by atoms with van der Waals surface area (Å²) in [5.41, 5.74) is 1.33. The van der Waals surface area contributed by atoms with E-state index in [1.807, 2.05) is 17.8 Å². The van der Waals surface area contributed by atoms with Crippen molar-refractivity contribution in [2.24, 2.45) is 7.05 Å². The highest BCUT2D eigenvalue weighted by molar-refractivity contribution is 7.98. The summed E-state index contributed by atoms with van der Waals surface area (Å²) < 4.78 is 0. The Kier molecular flexibility index (Phi) is 3.17. The van der Waals surface area contributed by atoms with E-state index in [1.54, 1.807) is 18.4 Å². The van der Waals surface area contributed by atoms with Crippen molar-refractivity contribution >= 4 is 28.9 Å².